The molecule has 0 aliphatic heterocycles. The first-order chi connectivity index (χ1) is 11.2. The molecule has 3 aromatic rings. The second-order valence-electron chi connectivity index (χ2n) is 5.13. The highest BCUT2D eigenvalue weighted by molar-refractivity contribution is 6.28. The highest BCUT2D eigenvalue weighted by atomic mass is 35.5. The van der Waals surface area contributed by atoms with Crippen molar-refractivity contribution < 1.29 is 4.79 Å². The number of aromatic nitrogens is 2. The van der Waals surface area contributed by atoms with Gasteiger partial charge in [0.2, 0.25) is 11.2 Å². The van der Waals surface area contributed by atoms with Crippen LogP contribution in [0.15, 0.2) is 73.1 Å². The molecular formula is C18H16ClN3O. The van der Waals surface area contributed by atoms with Crippen LogP contribution in [0.4, 0.5) is 5.69 Å². The molecule has 116 valence electrons. The van der Waals surface area contributed by atoms with Gasteiger partial charge in [-0.15, -0.1) is 0 Å². The van der Waals surface area contributed by atoms with Crippen LogP contribution in [0.1, 0.15) is 5.56 Å². The van der Waals surface area contributed by atoms with Gasteiger partial charge in [-0.3, -0.25) is 4.79 Å². The van der Waals surface area contributed by atoms with Crippen LogP contribution in [-0.4, -0.2) is 15.5 Å². The van der Waals surface area contributed by atoms with E-state index < -0.39 is 0 Å². The molecule has 0 aliphatic rings. The maximum atomic E-state index is 12.8. The van der Waals surface area contributed by atoms with Crippen LogP contribution in [0.5, 0.6) is 0 Å². The second kappa shape index (κ2) is 7.11. The number of anilines is 1. The molecule has 0 unspecified atom stereocenters. The van der Waals surface area contributed by atoms with E-state index in [0.29, 0.717) is 11.8 Å². The molecule has 3 rings (SSSR count). The SMILES string of the molecule is O=C(Cn1ccnc1Cl)N(Cc1ccccc1)c1ccccc1. The van der Waals surface area contributed by atoms with Crippen molar-refractivity contribution in [2.45, 2.75) is 13.1 Å². The van der Waals surface area contributed by atoms with E-state index in [1.165, 1.54) is 0 Å². The lowest BCUT2D eigenvalue weighted by atomic mass is 10.2. The first kappa shape index (κ1) is 15.3. The summed E-state index contributed by atoms with van der Waals surface area (Å²) in [5.74, 6) is -0.0417. The van der Waals surface area contributed by atoms with Gasteiger partial charge >= 0.3 is 0 Å². The molecule has 0 fully saturated rings. The van der Waals surface area contributed by atoms with Gasteiger partial charge in [0.15, 0.2) is 0 Å². The fraction of sp³-hybridized carbons (Fsp3) is 0.111. The zero-order valence-electron chi connectivity index (χ0n) is 12.5. The Bertz CT molecular complexity index is 771. The largest absolute Gasteiger partial charge is 0.312 e. The van der Waals surface area contributed by atoms with Gasteiger partial charge in [0.25, 0.3) is 0 Å². The highest BCUT2D eigenvalue weighted by Crippen LogP contribution is 2.18. The zero-order chi connectivity index (χ0) is 16.1. The topological polar surface area (TPSA) is 38.1 Å². The first-order valence-corrected chi connectivity index (χ1v) is 7.68. The average molecular weight is 326 g/mol. The Hall–Kier alpha value is -2.59. The van der Waals surface area contributed by atoms with Crippen LogP contribution in [0.2, 0.25) is 5.28 Å². The number of benzene rings is 2. The lowest BCUT2D eigenvalue weighted by Gasteiger charge is -2.23. The molecular weight excluding hydrogens is 310 g/mol. The summed E-state index contributed by atoms with van der Waals surface area (Å²) in [6.07, 6.45) is 3.28. The summed E-state index contributed by atoms with van der Waals surface area (Å²) in [7, 11) is 0. The fourth-order valence-corrected chi connectivity index (χ4v) is 2.53. The molecule has 0 radical (unpaired) electrons. The number of rotatable bonds is 5. The van der Waals surface area contributed by atoms with Crippen molar-refractivity contribution in [2.75, 3.05) is 4.90 Å². The minimum absolute atomic E-state index is 0.0417. The van der Waals surface area contributed by atoms with Gasteiger partial charge in [0, 0.05) is 18.1 Å². The molecule has 1 aromatic heterocycles. The summed E-state index contributed by atoms with van der Waals surface area (Å²) in [6.45, 7) is 0.663. The molecule has 5 heteroatoms. The standard InChI is InChI=1S/C18H16ClN3O/c19-18-20-11-12-21(18)14-17(23)22(16-9-5-2-6-10-16)13-15-7-3-1-4-8-15/h1-12H,13-14H2. The normalized spacial score (nSPS) is 10.5. The third-order valence-corrected chi connectivity index (χ3v) is 3.84. The predicted molar refractivity (Wildman–Crippen MR) is 91.3 cm³/mol. The number of imidazole rings is 1. The van der Waals surface area contributed by atoms with E-state index in [9.17, 15) is 4.79 Å². The van der Waals surface area contributed by atoms with E-state index in [4.69, 9.17) is 11.6 Å². The minimum atomic E-state index is -0.0417. The molecule has 0 aliphatic carbocycles. The second-order valence-corrected chi connectivity index (χ2v) is 5.46. The number of para-hydroxylation sites is 1. The first-order valence-electron chi connectivity index (χ1n) is 7.30. The molecule has 23 heavy (non-hydrogen) atoms. The van der Waals surface area contributed by atoms with Gasteiger partial charge in [-0.25, -0.2) is 4.98 Å². The molecule has 1 amide bonds. The van der Waals surface area contributed by atoms with E-state index in [2.05, 4.69) is 4.98 Å². The number of nitrogens with zero attached hydrogens (tertiary/aromatic N) is 3. The number of hydrogen-bond acceptors (Lipinski definition) is 2. The van der Waals surface area contributed by atoms with Gasteiger partial charge in [0.1, 0.15) is 6.54 Å². The third-order valence-electron chi connectivity index (χ3n) is 3.52. The summed E-state index contributed by atoms with van der Waals surface area (Å²) in [4.78, 5) is 18.5. The van der Waals surface area contributed by atoms with Crippen molar-refractivity contribution in [3.05, 3.63) is 83.9 Å². The molecule has 0 N–H and O–H groups in total. The minimum Gasteiger partial charge on any atom is -0.312 e. The van der Waals surface area contributed by atoms with Crippen LogP contribution >= 0.6 is 11.6 Å². The summed E-state index contributed by atoms with van der Waals surface area (Å²) < 4.78 is 1.63. The Morgan fingerprint density at radius 1 is 1.04 bits per heavy atom. The monoisotopic (exact) mass is 325 g/mol. The quantitative estimate of drug-likeness (QED) is 0.716. The van der Waals surface area contributed by atoms with Crippen LogP contribution in [-0.2, 0) is 17.9 Å². The number of hydrogen-bond donors (Lipinski definition) is 0. The number of carbonyl (C=O) groups is 1. The van der Waals surface area contributed by atoms with Crippen molar-refractivity contribution >= 4 is 23.2 Å². The number of carbonyl (C=O) groups excluding carboxylic acids is 1. The maximum absolute atomic E-state index is 12.8. The van der Waals surface area contributed by atoms with Crippen molar-refractivity contribution in [3.8, 4) is 0 Å². The average Bonchev–Trinajstić information content (AvgIpc) is 2.99. The molecule has 0 spiro atoms. The Labute approximate surface area is 140 Å². The molecule has 0 bridgehead atoms. The Morgan fingerprint density at radius 2 is 1.70 bits per heavy atom. The lowest BCUT2D eigenvalue weighted by molar-refractivity contribution is -0.119. The van der Waals surface area contributed by atoms with Crippen molar-refractivity contribution in [1.82, 2.24) is 9.55 Å². The molecule has 0 saturated heterocycles. The van der Waals surface area contributed by atoms with Gasteiger partial charge in [-0.1, -0.05) is 48.5 Å². The van der Waals surface area contributed by atoms with Gasteiger partial charge < -0.3 is 9.47 Å². The number of amides is 1. The number of halogens is 1. The lowest BCUT2D eigenvalue weighted by Crippen LogP contribution is -2.33. The van der Waals surface area contributed by atoms with Gasteiger partial charge in [0.05, 0.1) is 6.54 Å². The Balaban J connectivity index is 1.85. The summed E-state index contributed by atoms with van der Waals surface area (Å²) >= 11 is 5.98. The molecule has 0 atom stereocenters. The smallest absolute Gasteiger partial charge is 0.247 e. The highest BCUT2D eigenvalue weighted by Gasteiger charge is 2.17. The van der Waals surface area contributed by atoms with E-state index in [1.807, 2.05) is 60.7 Å². The molecule has 2 aromatic carbocycles. The maximum Gasteiger partial charge on any atom is 0.247 e. The van der Waals surface area contributed by atoms with Gasteiger partial charge in [-0.2, -0.15) is 0 Å². The van der Waals surface area contributed by atoms with Crippen LogP contribution < -0.4 is 4.90 Å². The van der Waals surface area contributed by atoms with Crippen molar-refractivity contribution in [2.24, 2.45) is 0 Å². The summed E-state index contributed by atoms with van der Waals surface area (Å²) in [6, 6.07) is 19.5. The van der Waals surface area contributed by atoms with E-state index in [-0.39, 0.29) is 12.5 Å². The zero-order valence-corrected chi connectivity index (χ0v) is 13.2. The Kier molecular flexibility index (Phi) is 4.74. The summed E-state index contributed by atoms with van der Waals surface area (Å²) in [5.41, 5.74) is 1.93. The fourth-order valence-electron chi connectivity index (χ4n) is 2.36. The third kappa shape index (κ3) is 3.79. The summed E-state index contributed by atoms with van der Waals surface area (Å²) in [5, 5.41) is 0.311. The van der Waals surface area contributed by atoms with Crippen molar-refractivity contribution in [3.63, 3.8) is 0 Å². The predicted octanol–water partition coefficient (Wildman–Crippen LogP) is 3.77. The molecule has 0 saturated carbocycles. The van der Waals surface area contributed by atoms with Crippen LogP contribution in [0, 0.1) is 0 Å². The van der Waals surface area contributed by atoms with E-state index >= 15 is 0 Å². The van der Waals surface area contributed by atoms with Gasteiger partial charge in [-0.05, 0) is 29.3 Å². The Morgan fingerprint density at radius 3 is 2.30 bits per heavy atom. The van der Waals surface area contributed by atoms with Crippen molar-refractivity contribution in [1.29, 1.82) is 0 Å². The molecule has 1 heterocycles. The van der Waals surface area contributed by atoms with E-state index in [1.54, 1.807) is 21.9 Å². The van der Waals surface area contributed by atoms with Crippen LogP contribution in [0.25, 0.3) is 0 Å². The van der Waals surface area contributed by atoms with E-state index in [0.717, 1.165) is 11.3 Å². The molecule has 4 nitrogen and oxygen atoms in total. The van der Waals surface area contributed by atoms with Crippen LogP contribution in [0.3, 0.4) is 0 Å².